The highest BCUT2D eigenvalue weighted by atomic mass is 32.2. The van der Waals surface area contributed by atoms with Gasteiger partial charge in [0.25, 0.3) is 0 Å². The largest absolute Gasteiger partial charge is 0.353 e. The summed E-state index contributed by atoms with van der Waals surface area (Å²) in [6.07, 6.45) is 4.52. The summed E-state index contributed by atoms with van der Waals surface area (Å²) in [5.74, 6) is 0.505. The van der Waals surface area contributed by atoms with Crippen LogP contribution >= 0.6 is 11.8 Å². The average molecular weight is 360 g/mol. The maximum atomic E-state index is 12.5. The number of thioether (sulfide) groups is 1. The first kappa shape index (κ1) is 18.0. The average Bonchev–Trinajstić information content (AvgIpc) is 2.89. The lowest BCUT2D eigenvalue weighted by Crippen LogP contribution is -2.38. The molecule has 1 N–H and O–H groups in total. The monoisotopic (exact) mass is 360 g/mol. The third-order valence-electron chi connectivity index (χ3n) is 4.92. The highest BCUT2D eigenvalue weighted by molar-refractivity contribution is 8.01. The van der Waals surface area contributed by atoms with Gasteiger partial charge in [-0.1, -0.05) is 25.1 Å². The number of nitrogens with one attached hydrogen (secondary N) is 1. The molecule has 1 atom stereocenters. The minimum absolute atomic E-state index is 0.0389. The normalized spacial score (nSPS) is 26.8. The molecule has 0 spiro atoms. The second kappa shape index (κ2) is 8.04. The summed E-state index contributed by atoms with van der Waals surface area (Å²) in [7, 11) is 0. The van der Waals surface area contributed by atoms with E-state index < -0.39 is 5.25 Å². The van der Waals surface area contributed by atoms with Crippen molar-refractivity contribution in [1.82, 2.24) is 5.32 Å². The van der Waals surface area contributed by atoms with Crippen LogP contribution in [-0.4, -0.2) is 34.8 Å². The number of benzene rings is 1. The first-order chi connectivity index (χ1) is 12.0. The minimum atomic E-state index is -0.468. The summed E-state index contributed by atoms with van der Waals surface area (Å²) in [5, 5.41) is 2.59. The zero-order valence-corrected chi connectivity index (χ0v) is 15.3. The van der Waals surface area contributed by atoms with Gasteiger partial charge in [-0.3, -0.25) is 14.4 Å². The first-order valence-corrected chi connectivity index (χ1v) is 9.92. The van der Waals surface area contributed by atoms with Gasteiger partial charge in [-0.25, -0.2) is 4.90 Å². The molecule has 0 aromatic heterocycles. The van der Waals surface area contributed by atoms with Gasteiger partial charge in [-0.15, -0.1) is 11.8 Å². The van der Waals surface area contributed by atoms with Crippen molar-refractivity contribution in [3.63, 3.8) is 0 Å². The zero-order valence-electron chi connectivity index (χ0n) is 14.4. The number of nitrogens with zero attached hydrogens (tertiary/aromatic N) is 1. The number of para-hydroxylation sites is 1. The topological polar surface area (TPSA) is 66.5 Å². The van der Waals surface area contributed by atoms with E-state index in [1.165, 1.54) is 16.7 Å². The maximum absolute atomic E-state index is 12.5. The first-order valence-electron chi connectivity index (χ1n) is 8.87. The van der Waals surface area contributed by atoms with Crippen molar-refractivity contribution in [2.75, 3.05) is 10.7 Å². The molecule has 1 aliphatic carbocycles. The van der Waals surface area contributed by atoms with E-state index >= 15 is 0 Å². The number of hydrogen-bond acceptors (Lipinski definition) is 4. The third-order valence-corrected chi connectivity index (χ3v) is 6.12. The second-order valence-corrected chi connectivity index (χ2v) is 8.12. The van der Waals surface area contributed by atoms with Crippen molar-refractivity contribution < 1.29 is 14.4 Å². The summed E-state index contributed by atoms with van der Waals surface area (Å²) in [4.78, 5) is 38.1. The van der Waals surface area contributed by atoms with Crippen LogP contribution in [-0.2, 0) is 14.4 Å². The molecule has 2 fully saturated rings. The van der Waals surface area contributed by atoms with E-state index in [9.17, 15) is 14.4 Å². The molecule has 1 aliphatic heterocycles. The van der Waals surface area contributed by atoms with Crippen molar-refractivity contribution in [3.8, 4) is 0 Å². The molecule has 0 bridgehead atoms. The fraction of sp³-hybridized carbons (Fsp3) is 0.526. The fourth-order valence-electron chi connectivity index (χ4n) is 3.43. The van der Waals surface area contributed by atoms with Crippen LogP contribution in [0.4, 0.5) is 5.69 Å². The van der Waals surface area contributed by atoms with Gasteiger partial charge in [0.2, 0.25) is 17.7 Å². The number of carbonyl (C=O) groups is 3. The van der Waals surface area contributed by atoms with E-state index in [1.807, 2.05) is 6.07 Å². The SMILES string of the molecule is CC1CCC(NC(=O)CS[C@@H]2CC(=O)N(c3ccccc3)C2=O)CC1. The molecular formula is C19H24N2O3S. The van der Waals surface area contributed by atoms with E-state index in [-0.39, 0.29) is 35.9 Å². The Morgan fingerprint density at radius 2 is 1.84 bits per heavy atom. The Morgan fingerprint density at radius 1 is 1.16 bits per heavy atom. The lowest BCUT2D eigenvalue weighted by Gasteiger charge is -2.26. The molecule has 3 amide bonds. The minimum Gasteiger partial charge on any atom is -0.353 e. The summed E-state index contributed by atoms with van der Waals surface area (Å²) in [5.41, 5.74) is 0.598. The number of anilines is 1. The van der Waals surface area contributed by atoms with Gasteiger partial charge in [0.05, 0.1) is 16.7 Å². The molecule has 0 radical (unpaired) electrons. The summed E-state index contributed by atoms with van der Waals surface area (Å²) in [6.45, 7) is 2.25. The molecule has 1 saturated heterocycles. The van der Waals surface area contributed by atoms with Crippen molar-refractivity contribution in [2.24, 2.45) is 5.92 Å². The Morgan fingerprint density at radius 3 is 2.52 bits per heavy atom. The Bertz CT molecular complexity index is 641. The van der Waals surface area contributed by atoms with Crippen LogP contribution in [0.25, 0.3) is 0 Å². The van der Waals surface area contributed by atoms with E-state index in [0.29, 0.717) is 5.69 Å². The van der Waals surface area contributed by atoms with Crippen LogP contribution in [0.3, 0.4) is 0 Å². The number of carbonyl (C=O) groups excluding carboxylic acids is 3. The van der Waals surface area contributed by atoms with Gasteiger partial charge in [0.15, 0.2) is 0 Å². The van der Waals surface area contributed by atoms with Crippen LogP contribution < -0.4 is 10.2 Å². The Hall–Kier alpha value is -1.82. The van der Waals surface area contributed by atoms with Crippen molar-refractivity contribution >= 4 is 35.2 Å². The summed E-state index contributed by atoms with van der Waals surface area (Å²) < 4.78 is 0. The molecular weight excluding hydrogens is 336 g/mol. The van der Waals surface area contributed by atoms with Gasteiger partial charge < -0.3 is 5.32 Å². The van der Waals surface area contributed by atoms with Gasteiger partial charge in [0.1, 0.15) is 0 Å². The molecule has 1 aromatic rings. The predicted octanol–water partition coefficient (Wildman–Crippen LogP) is 2.75. The molecule has 1 heterocycles. The smallest absolute Gasteiger partial charge is 0.247 e. The number of hydrogen-bond donors (Lipinski definition) is 1. The summed E-state index contributed by atoms with van der Waals surface area (Å²) in [6, 6.07) is 9.20. The van der Waals surface area contributed by atoms with Gasteiger partial charge in [0, 0.05) is 12.5 Å². The lowest BCUT2D eigenvalue weighted by molar-refractivity contribution is -0.121. The van der Waals surface area contributed by atoms with Crippen LogP contribution in [0.2, 0.25) is 0 Å². The van der Waals surface area contributed by atoms with Crippen LogP contribution in [0.5, 0.6) is 0 Å². The molecule has 1 aromatic carbocycles. The molecule has 25 heavy (non-hydrogen) atoms. The molecule has 1 saturated carbocycles. The lowest BCUT2D eigenvalue weighted by atomic mass is 9.87. The van der Waals surface area contributed by atoms with E-state index in [0.717, 1.165) is 31.6 Å². The Labute approximate surface area is 152 Å². The van der Waals surface area contributed by atoms with Crippen molar-refractivity contribution in [1.29, 1.82) is 0 Å². The molecule has 5 nitrogen and oxygen atoms in total. The second-order valence-electron chi connectivity index (χ2n) is 6.93. The molecule has 134 valence electrons. The van der Waals surface area contributed by atoms with Crippen LogP contribution in [0.15, 0.2) is 30.3 Å². The van der Waals surface area contributed by atoms with Crippen molar-refractivity contribution in [2.45, 2.75) is 50.3 Å². The fourth-order valence-corrected chi connectivity index (χ4v) is 4.38. The number of amides is 3. The van der Waals surface area contributed by atoms with Gasteiger partial charge in [-0.05, 0) is 43.7 Å². The van der Waals surface area contributed by atoms with Gasteiger partial charge >= 0.3 is 0 Å². The van der Waals surface area contributed by atoms with E-state index in [4.69, 9.17) is 0 Å². The number of rotatable bonds is 5. The number of imide groups is 1. The van der Waals surface area contributed by atoms with Crippen LogP contribution in [0, 0.1) is 5.92 Å². The van der Waals surface area contributed by atoms with E-state index in [1.54, 1.807) is 24.3 Å². The standard InChI is InChI=1S/C19H24N2O3S/c1-13-7-9-14(10-8-13)20-17(22)12-25-16-11-18(23)21(19(16)24)15-5-3-2-4-6-15/h2-6,13-14,16H,7-12H2,1H3,(H,20,22)/t13?,14?,16-/m1/s1. The predicted molar refractivity (Wildman–Crippen MR) is 99.4 cm³/mol. The van der Waals surface area contributed by atoms with E-state index in [2.05, 4.69) is 12.2 Å². The van der Waals surface area contributed by atoms with Crippen LogP contribution in [0.1, 0.15) is 39.0 Å². The molecule has 0 unspecified atom stereocenters. The molecule has 2 aliphatic rings. The third kappa shape index (κ3) is 4.42. The maximum Gasteiger partial charge on any atom is 0.247 e. The Balaban J connectivity index is 1.49. The summed E-state index contributed by atoms with van der Waals surface area (Å²) >= 11 is 1.27. The quantitative estimate of drug-likeness (QED) is 0.820. The molecule has 3 rings (SSSR count). The van der Waals surface area contributed by atoms with Gasteiger partial charge in [-0.2, -0.15) is 0 Å². The highest BCUT2D eigenvalue weighted by Gasteiger charge is 2.40. The Kier molecular flexibility index (Phi) is 5.78. The van der Waals surface area contributed by atoms with Crippen molar-refractivity contribution in [3.05, 3.63) is 30.3 Å². The highest BCUT2D eigenvalue weighted by Crippen LogP contribution is 2.29. The zero-order chi connectivity index (χ0) is 17.8. The molecule has 6 heteroatoms.